The van der Waals surface area contributed by atoms with Crippen molar-refractivity contribution >= 4 is 5.97 Å². The minimum Gasteiger partial charge on any atom is -0.481 e. The third kappa shape index (κ3) is 2.99. The van der Waals surface area contributed by atoms with Crippen LogP contribution in [0.3, 0.4) is 0 Å². The summed E-state index contributed by atoms with van der Waals surface area (Å²) < 4.78 is 5.66. The highest BCUT2D eigenvalue weighted by Crippen LogP contribution is 2.43. The standard InChI is InChI=1S/C13H25NO3/c1-6-17-11-7-10(13(11,4)5)14-9(3)8(2)12(15)16/h8-11,14H,6-7H2,1-5H3,(H,15,16). The fourth-order valence-corrected chi connectivity index (χ4v) is 2.33. The van der Waals surface area contributed by atoms with Crippen LogP contribution in [0.4, 0.5) is 0 Å². The zero-order valence-electron chi connectivity index (χ0n) is 11.5. The van der Waals surface area contributed by atoms with Gasteiger partial charge in [-0.3, -0.25) is 4.79 Å². The molecule has 0 saturated heterocycles. The summed E-state index contributed by atoms with van der Waals surface area (Å²) in [6.45, 7) is 10.8. The predicted molar refractivity (Wildman–Crippen MR) is 67.0 cm³/mol. The highest BCUT2D eigenvalue weighted by molar-refractivity contribution is 5.70. The van der Waals surface area contributed by atoms with Crippen LogP contribution in [0, 0.1) is 11.3 Å². The summed E-state index contributed by atoms with van der Waals surface area (Å²) in [4.78, 5) is 10.9. The maximum atomic E-state index is 10.9. The van der Waals surface area contributed by atoms with E-state index in [0.717, 1.165) is 13.0 Å². The summed E-state index contributed by atoms with van der Waals surface area (Å²) in [5, 5.41) is 12.4. The smallest absolute Gasteiger partial charge is 0.307 e. The molecule has 2 N–H and O–H groups in total. The van der Waals surface area contributed by atoms with E-state index in [1.54, 1.807) is 6.92 Å². The molecule has 0 amide bonds. The summed E-state index contributed by atoms with van der Waals surface area (Å²) in [6, 6.07) is 0.329. The average Bonchev–Trinajstić information content (AvgIpc) is 2.26. The largest absolute Gasteiger partial charge is 0.481 e. The lowest BCUT2D eigenvalue weighted by molar-refractivity contribution is -0.143. The second kappa shape index (κ2) is 5.36. The Morgan fingerprint density at radius 1 is 1.53 bits per heavy atom. The molecule has 0 aromatic rings. The van der Waals surface area contributed by atoms with E-state index < -0.39 is 5.97 Å². The maximum Gasteiger partial charge on any atom is 0.307 e. The Morgan fingerprint density at radius 2 is 2.12 bits per heavy atom. The van der Waals surface area contributed by atoms with Crippen LogP contribution in [-0.4, -0.2) is 35.9 Å². The van der Waals surface area contributed by atoms with Crippen molar-refractivity contribution in [3.05, 3.63) is 0 Å². The highest BCUT2D eigenvalue weighted by Gasteiger charge is 2.49. The number of nitrogens with one attached hydrogen (secondary N) is 1. The molecule has 1 rings (SSSR count). The first kappa shape index (κ1) is 14.5. The van der Waals surface area contributed by atoms with Crippen molar-refractivity contribution in [3.8, 4) is 0 Å². The molecular weight excluding hydrogens is 218 g/mol. The third-order valence-electron chi connectivity index (χ3n) is 4.15. The fourth-order valence-electron chi connectivity index (χ4n) is 2.33. The van der Waals surface area contributed by atoms with Gasteiger partial charge in [0.2, 0.25) is 0 Å². The van der Waals surface area contributed by atoms with Crippen LogP contribution in [0.1, 0.15) is 41.0 Å². The molecule has 4 heteroatoms. The van der Waals surface area contributed by atoms with Crippen molar-refractivity contribution < 1.29 is 14.6 Å². The van der Waals surface area contributed by atoms with Gasteiger partial charge in [-0.25, -0.2) is 0 Å². The molecule has 0 aromatic heterocycles. The predicted octanol–water partition coefficient (Wildman–Crippen LogP) is 1.89. The van der Waals surface area contributed by atoms with Crippen LogP contribution in [0.25, 0.3) is 0 Å². The van der Waals surface area contributed by atoms with Crippen molar-refractivity contribution in [3.63, 3.8) is 0 Å². The summed E-state index contributed by atoms with van der Waals surface area (Å²) in [7, 11) is 0. The summed E-state index contributed by atoms with van der Waals surface area (Å²) in [6.07, 6.45) is 1.26. The molecule has 1 saturated carbocycles. The van der Waals surface area contributed by atoms with Crippen molar-refractivity contribution in [1.82, 2.24) is 5.32 Å². The molecule has 0 aliphatic heterocycles. The first-order valence-corrected chi connectivity index (χ1v) is 6.41. The van der Waals surface area contributed by atoms with Gasteiger partial charge in [-0.05, 0) is 20.3 Å². The topological polar surface area (TPSA) is 58.6 Å². The van der Waals surface area contributed by atoms with E-state index in [9.17, 15) is 4.79 Å². The fraction of sp³-hybridized carbons (Fsp3) is 0.923. The van der Waals surface area contributed by atoms with Gasteiger partial charge in [-0.1, -0.05) is 20.8 Å². The van der Waals surface area contributed by atoms with Crippen LogP contribution in [0.2, 0.25) is 0 Å². The minimum atomic E-state index is -0.747. The Bertz CT molecular complexity index is 278. The Hall–Kier alpha value is -0.610. The van der Waals surface area contributed by atoms with E-state index in [1.165, 1.54) is 0 Å². The molecular formula is C13H25NO3. The number of carbonyl (C=O) groups is 1. The average molecular weight is 243 g/mol. The highest BCUT2D eigenvalue weighted by atomic mass is 16.5. The zero-order chi connectivity index (χ0) is 13.2. The van der Waals surface area contributed by atoms with Crippen molar-refractivity contribution in [2.45, 2.75) is 59.2 Å². The van der Waals surface area contributed by atoms with E-state index in [-0.39, 0.29) is 23.5 Å². The molecule has 0 heterocycles. The molecule has 4 unspecified atom stereocenters. The lowest BCUT2D eigenvalue weighted by Crippen LogP contribution is -2.63. The van der Waals surface area contributed by atoms with Gasteiger partial charge in [0.05, 0.1) is 12.0 Å². The SMILES string of the molecule is CCOC1CC(NC(C)C(C)C(=O)O)C1(C)C. The van der Waals surface area contributed by atoms with Crippen molar-refractivity contribution in [2.75, 3.05) is 6.61 Å². The van der Waals surface area contributed by atoms with E-state index in [2.05, 4.69) is 19.2 Å². The molecule has 0 bridgehead atoms. The van der Waals surface area contributed by atoms with E-state index in [1.807, 2.05) is 13.8 Å². The van der Waals surface area contributed by atoms with Gasteiger partial charge in [0.25, 0.3) is 0 Å². The molecule has 1 aliphatic rings. The number of ether oxygens (including phenoxy) is 1. The van der Waals surface area contributed by atoms with Crippen LogP contribution in [0.5, 0.6) is 0 Å². The maximum absolute atomic E-state index is 10.9. The van der Waals surface area contributed by atoms with E-state index in [4.69, 9.17) is 9.84 Å². The van der Waals surface area contributed by atoms with Crippen molar-refractivity contribution in [2.24, 2.45) is 11.3 Å². The molecule has 4 atom stereocenters. The number of hydrogen-bond donors (Lipinski definition) is 2. The minimum absolute atomic E-state index is 0.0145. The van der Waals surface area contributed by atoms with Gasteiger partial charge >= 0.3 is 5.97 Å². The van der Waals surface area contributed by atoms with Gasteiger partial charge < -0.3 is 15.2 Å². The van der Waals surface area contributed by atoms with Crippen molar-refractivity contribution in [1.29, 1.82) is 0 Å². The first-order valence-electron chi connectivity index (χ1n) is 6.41. The van der Waals surface area contributed by atoms with Gasteiger partial charge in [-0.2, -0.15) is 0 Å². The van der Waals surface area contributed by atoms with Crippen LogP contribution >= 0.6 is 0 Å². The molecule has 17 heavy (non-hydrogen) atoms. The number of hydrogen-bond acceptors (Lipinski definition) is 3. The molecule has 0 aromatic carbocycles. The lowest BCUT2D eigenvalue weighted by Gasteiger charge is -2.53. The van der Waals surface area contributed by atoms with E-state index >= 15 is 0 Å². The first-order chi connectivity index (χ1) is 7.80. The Labute approximate surface area is 104 Å². The monoisotopic (exact) mass is 243 g/mol. The second-order valence-electron chi connectivity index (χ2n) is 5.64. The van der Waals surface area contributed by atoms with Crippen LogP contribution in [0.15, 0.2) is 0 Å². The van der Waals surface area contributed by atoms with Gasteiger partial charge in [0.1, 0.15) is 0 Å². The summed E-state index contributed by atoms with van der Waals surface area (Å²) in [5.41, 5.74) is 0.0858. The van der Waals surface area contributed by atoms with Gasteiger partial charge in [0, 0.05) is 24.1 Å². The molecule has 100 valence electrons. The van der Waals surface area contributed by atoms with Crippen LogP contribution in [-0.2, 0) is 9.53 Å². The number of carboxylic acid groups (broad SMARTS) is 1. The molecule has 1 aliphatic carbocycles. The summed E-state index contributed by atoms with van der Waals surface area (Å²) >= 11 is 0. The molecule has 0 radical (unpaired) electrons. The Balaban J connectivity index is 2.47. The molecule has 4 nitrogen and oxygen atoms in total. The third-order valence-corrected chi connectivity index (χ3v) is 4.15. The number of carboxylic acids is 1. The molecule has 1 fully saturated rings. The normalized spacial score (nSPS) is 30.4. The Morgan fingerprint density at radius 3 is 2.53 bits per heavy atom. The quantitative estimate of drug-likeness (QED) is 0.748. The second-order valence-corrected chi connectivity index (χ2v) is 5.64. The lowest BCUT2D eigenvalue weighted by atomic mass is 9.64. The zero-order valence-corrected chi connectivity index (χ0v) is 11.5. The number of aliphatic carboxylic acids is 1. The van der Waals surface area contributed by atoms with E-state index in [0.29, 0.717) is 6.04 Å². The van der Waals surface area contributed by atoms with Gasteiger partial charge in [-0.15, -0.1) is 0 Å². The number of rotatable bonds is 6. The molecule has 0 spiro atoms. The summed E-state index contributed by atoms with van der Waals surface area (Å²) in [5.74, 6) is -1.11. The van der Waals surface area contributed by atoms with Crippen LogP contribution < -0.4 is 5.32 Å². The Kier molecular flexibility index (Phi) is 4.55. The van der Waals surface area contributed by atoms with Gasteiger partial charge in [0.15, 0.2) is 0 Å².